The standard InChI is InChI=1S/C40H74O5/c1-3-5-7-9-11-13-15-17-18-19-20-21-22-23-25-26-28-30-32-34-39(42)44-37-38(36-41)45-40(43)35-33-31-29-27-24-16-14-12-10-8-6-4-2/h11,13,17-18,38,41H,3-10,12,14-16,19-37H2,1-2H3. The molecule has 5 nitrogen and oxygen atoms in total. The monoisotopic (exact) mass is 635 g/mol. The summed E-state index contributed by atoms with van der Waals surface area (Å²) in [5.74, 6) is -0.590. The Bertz CT molecular complexity index is 686. The second kappa shape index (κ2) is 36.8. The number of carbonyl (C=O) groups excluding carboxylic acids is 2. The molecule has 0 fully saturated rings. The van der Waals surface area contributed by atoms with Crippen molar-refractivity contribution in [1.29, 1.82) is 0 Å². The molecule has 0 saturated heterocycles. The molecule has 0 aromatic carbocycles. The van der Waals surface area contributed by atoms with Gasteiger partial charge in [-0.05, 0) is 44.9 Å². The highest BCUT2D eigenvalue weighted by atomic mass is 16.6. The summed E-state index contributed by atoms with van der Waals surface area (Å²) in [6, 6.07) is 0. The Morgan fingerprint density at radius 3 is 1.36 bits per heavy atom. The van der Waals surface area contributed by atoms with Gasteiger partial charge in [0.25, 0.3) is 0 Å². The smallest absolute Gasteiger partial charge is 0.306 e. The minimum Gasteiger partial charge on any atom is -0.462 e. The van der Waals surface area contributed by atoms with E-state index < -0.39 is 6.10 Å². The molecule has 1 atom stereocenters. The molecule has 0 aromatic heterocycles. The van der Waals surface area contributed by atoms with Gasteiger partial charge in [-0.25, -0.2) is 0 Å². The summed E-state index contributed by atoms with van der Waals surface area (Å²) >= 11 is 0. The van der Waals surface area contributed by atoms with E-state index in [0.717, 1.165) is 44.9 Å². The molecule has 0 aliphatic heterocycles. The fourth-order valence-corrected chi connectivity index (χ4v) is 5.53. The van der Waals surface area contributed by atoms with Gasteiger partial charge in [-0.3, -0.25) is 9.59 Å². The van der Waals surface area contributed by atoms with Gasteiger partial charge in [0.05, 0.1) is 6.61 Å². The van der Waals surface area contributed by atoms with Crippen molar-refractivity contribution in [2.45, 2.75) is 206 Å². The quantitative estimate of drug-likeness (QED) is 0.0426. The molecular weight excluding hydrogens is 560 g/mol. The Hall–Kier alpha value is -1.62. The fourth-order valence-electron chi connectivity index (χ4n) is 5.53. The molecular formula is C40H74O5. The molecule has 45 heavy (non-hydrogen) atoms. The third-order valence-corrected chi connectivity index (χ3v) is 8.50. The zero-order valence-electron chi connectivity index (χ0n) is 29.9. The predicted molar refractivity (Wildman–Crippen MR) is 191 cm³/mol. The first-order chi connectivity index (χ1) is 22.1. The average Bonchev–Trinajstić information content (AvgIpc) is 3.04. The number of unbranched alkanes of at least 4 members (excludes halogenated alkanes) is 23. The van der Waals surface area contributed by atoms with Crippen molar-refractivity contribution in [2.24, 2.45) is 0 Å². The summed E-state index contributed by atoms with van der Waals surface area (Å²) < 4.78 is 10.6. The first-order valence-corrected chi connectivity index (χ1v) is 19.4. The van der Waals surface area contributed by atoms with Gasteiger partial charge in [-0.1, -0.05) is 167 Å². The molecule has 0 spiro atoms. The third kappa shape index (κ3) is 35.1. The van der Waals surface area contributed by atoms with Crippen LogP contribution >= 0.6 is 0 Å². The summed E-state index contributed by atoms with van der Waals surface area (Å²) in [7, 11) is 0. The summed E-state index contributed by atoms with van der Waals surface area (Å²) in [5, 5.41) is 9.53. The van der Waals surface area contributed by atoms with Crippen LogP contribution in [0.2, 0.25) is 0 Å². The van der Waals surface area contributed by atoms with Gasteiger partial charge in [-0.15, -0.1) is 0 Å². The van der Waals surface area contributed by atoms with Crippen molar-refractivity contribution in [2.75, 3.05) is 13.2 Å². The molecule has 0 saturated carbocycles. The van der Waals surface area contributed by atoms with Crippen molar-refractivity contribution < 1.29 is 24.2 Å². The largest absolute Gasteiger partial charge is 0.462 e. The zero-order valence-corrected chi connectivity index (χ0v) is 29.9. The van der Waals surface area contributed by atoms with E-state index in [1.165, 1.54) is 128 Å². The van der Waals surface area contributed by atoms with Crippen LogP contribution in [0, 0.1) is 0 Å². The lowest BCUT2D eigenvalue weighted by atomic mass is 10.0. The molecule has 1 unspecified atom stereocenters. The molecule has 0 amide bonds. The maximum absolute atomic E-state index is 12.1. The minimum absolute atomic E-state index is 0.0640. The van der Waals surface area contributed by atoms with E-state index in [0.29, 0.717) is 12.8 Å². The number of esters is 2. The molecule has 0 aliphatic rings. The molecule has 1 N–H and O–H groups in total. The highest BCUT2D eigenvalue weighted by molar-refractivity contribution is 5.70. The van der Waals surface area contributed by atoms with Gasteiger partial charge in [-0.2, -0.15) is 0 Å². The number of aliphatic hydroxyl groups excluding tert-OH is 1. The maximum Gasteiger partial charge on any atom is 0.306 e. The minimum atomic E-state index is -0.767. The SMILES string of the molecule is CCCCCC=CCC=CCCCCCCCCCCCC(=O)OCC(CO)OC(=O)CCCCCCCCCCCCCC. The molecule has 0 rings (SSSR count). The second-order valence-corrected chi connectivity index (χ2v) is 13.0. The highest BCUT2D eigenvalue weighted by Crippen LogP contribution is 2.14. The molecule has 0 aromatic rings. The van der Waals surface area contributed by atoms with Crippen LogP contribution < -0.4 is 0 Å². The number of rotatable bonds is 35. The van der Waals surface area contributed by atoms with E-state index >= 15 is 0 Å². The fraction of sp³-hybridized carbons (Fsp3) is 0.850. The first kappa shape index (κ1) is 43.4. The van der Waals surface area contributed by atoms with E-state index in [9.17, 15) is 14.7 Å². The second-order valence-electron chi connectivity index (χ2n) is 13.0. The Balaban J connectivity index is 3.53. The normalized spacial score (nSPS) is 12.3. The molecule has 0 heterocycles. The number of hydrogen-bond acceptors (Lipinski definition) is 5. The third-order valence-electron chi connectivity index (χ3n) is 8.50. The molecule has 0 bridgehead atoms. The number of ether oxygens (including phenoxy) is 2. The Morgan fingerprint density at radius 2 is 0.889 bits per heavy atom. The molecule has 0 aliphatic carbocycles. The number of hydrogen-bond donors (Lipinski definition) is 1. The summed E-state index contributed by atoms with van der Waals surface area (Å²) in [4.78, 5) is 24.2. The Morgan fingerprint density at radius 1 is 0.511 bits per heavy atom. The molecule has 264 valence electrons. The molecule has 5 heteroatoms. The molecule has 0 radical (unpaired) electrons. The Labute approximate surface area is 279 Å². The van der Waals surface area contributed by atoms with Crippen LogP contribution in [-0.2, 0) is 19.1 Å². The van der Waals surface area contributed by atoms with Crippen LogP contribution in [0.15, 0.2) is 24.3 Å². The van der Waals surface area contributed by atoms with Gasteiger partial charge in [0, 0.05) is 12.8 Å². The van der Waals surface area contributed by atoms with E-state index in [2.05, 4.69) is 38.2 Å². The maximum atomic E-state index is 12.1. The lowest BCUT2D eigenvalue weighted by Crippen LogP contribution is -2.28. The highest BCUT2D eigenvalue weighted by Gasteiger charge is 2.16. The van der Waals surface area contributed by atoms with Crippen molar-refractivity contribution in [3.8, 4) is 0 Å². The number of carbonyl (C=O) groups is 2. The van der Waals surface area contributed by atoms with Crippen LogP contribution in [0.3, 0.4) is 0 Å². The van der Waals surface area contributed by atoms with E-state index in [-0.39, 0.29) is 25.2 Å². The van der Waals surface area contributed by atoms with Crippen LogP contribution in [-0.4, -0.2) is 36.4 Å². The number of allylic oxidation sites excluding steroid dienone is 4. The van der Waals surface area contributed by atoms with Gasteiger partial charge >= 0.3 is 11.9 Å². The Kier molecular flexibility index (Phi) is 35.5. The van der Waals surface area contributed by atoms with Crippen LogP contribution in [0.1, 0.15) is 200 Å². The van der Waals surface area contributed by atoms with Crippen LogP contribution in [0.25, 0.3) is 0 Å². The van der Waals surface area contributed by atoms with Crippen molar-refractivity contribution in [3.63, 3.8) is 0 Å². The lowest BCUT2D eigenvalue weighted by molar-refractivity contribution is -0.161. The van der Waals surface area contributed by atoms with Gasteiger partial charge in [0.1, 0.15) is 6.61 Å². The topological polar surface area (TPSA) is 72.8 Å². The summed E-state index contributed by atoms with van der Waals surface area (Å²) in [6.07, 6.45) is 42.3. The first-order valence-electron chi connectivity index (χ1n) is 19.4. The van der Waals surface area contributed by atoms with Crippen molar-refractivity contribution >= 4 is 11.9 Å². The number of aliphatic hydroxyl groups is 1. The van der Waals surface area contributed by atoms with E-state index in [1.807, 2.05) is 0 Å². The van der Waals surface area contributed by atoms with Gasteiger partial charge in [0.15, 0.2) is 6.10 Å². The van der Waals surface area contributed by atoms with Crippen molar-refractivity contribution in [3.05, 3.63) is 24.3 Å². The van der Waals surface area contributed by atoms with Crippen molar-refractivity contribution in [1.82, 2.24) is 0 Å². The zero-order chi connectivity index (χ0) is 32.9. The van der Waals surface area contributed by atoms with Crippen LogP contribution in [0.4, 0.5) is 0 Å². The van der Waals surface area contributed by atoms with Gasteiger partial charge in [0.2, 0.25) is 0 Å². The summed E-state index contributed by atoms with van der Waals surface area (Å²) in [5.41, 5.74) is 0. The van der Waals surface area contributed by atoms with E-state index in [4.69, 9.17) is 9.47 Å². The lowest BCUT2D eigenvalue weighted by Gasteiger charge is -2.15. The predicted octanol–water partition coefficient (Wildman–Crippen LogP) is 11.9. The van der Waals surface area contributed by atoms with Crippen LogP contribution in [0.5, 0.6) is 0 Å². The van der Waals surface area contributed by atoms with Gasteiger partial charge < -0.3 is 14.6 Å². The van der Waals surface area contributed by atoms with E-state index in [1.54, 1.807) is 0 Å². The summed E-state index contributed by atoms with van der Waals surface area (Å²) in [6.45, 7) is 4.11. The average molecular weight is 635 g/mol.